The first-order chi connectivity index (χ1) is 11.5. The molecule has 0 radical (unpaired) electrons. The van der Waals surface area contributed by atoms with Gasteiger partial charge in [0, 0.05) is 30.9 Å². The maximum Gasteiger partial charge on any atom is 0.249 e. The van der Waals surface area contributed by atoms with Gasteiger partial charge in [-0.05, 0) is 50.8 Å². The fourth-order valence-corrected chi connectivity index (χ4v) is 3.44. The Hall–Kier alpha value is -1.66. The van der Waals surface area contributed by atoms with Crippen molar-refractivity contribution in [1.82, 2.24) is 5.32 Å². The molecule has 6 heteroatoms. The molecular weight excluding hydrogens is 311 g/mol. The minimum atomic E-state index is -0.394. The molecule has 0 saturated carbocycles. The summed E-state index contributed by atoms with van der Waals surface area (Å²) in [5.74, 6) is -0.451. The zero-order valence-corrected chi connectivity index (χ0v) is 14.0. The molecule has 2 atom stereocenters. The van der Waals surface area contributed by atoms with E-state index in [2.05, 4.69) is 10.2 Å². The van der Waals surface area contributed by atoms with Gasteiger partial charge in [0.1, 0.15) is 11.9 Å². The Morgan fingerprint density at radius 1 is 1.38 bits per heavy atom. The standard InChI is InChI=1S/C18H25FN2O3/c1-12(20-18(23)17-3-2-10-24-17)15-11-13(19)4-5-16(15)21-8-6-14(22)7-9-21/h4-5,11-12,14,17,22H,2-3,6-10H2,1H3,(H,20,23). The number of amides is 1. The van der Waals surface area contributed by atoms with Crippen LogP contribution in [0.5, 0.6) is 0 Å². The lowest BCUT2D eigenvalue weighted by molar-refractivity contribution is -0.130. The third-order valence-corrected chi connectivity index (χ3v) is 4.84. The van der Waals surface area contributed by atoms with Gasteiger partial charge in [0.25, 0.3) is 0 Å². The number of rotatable bonds is 4. The number of nitrogens with zero attached hydrogens (tertiary/aromatic N) is 1. The Morgan fingerprint density at radius 2 is 2.12 bits per heavy atom. The average molecular weight is 336 g/mol. The summed E-state index contributed by atoms with van der Waals surface area (Å²) in [5, 5.41) is 12.6. The number of aliphatic hydroxyl groups is 1. The molecule has 2 saturated heterocycles. The molecule has 0 aliphatic carbocycles. The topological polar surface area (TPSA) is 61.8 Å². The second-order valence-corrected chi connectivity index (χ2v) is 6.65. The van der Waals surface area contributed by atoms with Gasteiger partial charge in [-0.1, -0.05) is 0 Å². The molecule has 0 bridgehead atoms. The highest BCUT2D eigenvalue weighted by Crippen LogP contribution is 2.30. The van der Waals surface area contributed by atoms with Gasteiger partial charge in [0.05, 0.1) is 12.1 Å². The molecule has 2 aliphatic heterocycles. The molecule has 2 N–H and O–H groups in total. The van der Waals surface area contributed by atoms with Gasteiger partial charge in [-0.25, -0.2) is 4.39 Å². The summed E-state index contributed by atoms with van der Waals surface area (Å²) in [7, 11) is 0. The summed E-state index contributed by atoms with van der Waals surface area (Å²) >= 11 is 0. The van der Waals surface area contributed by atoms with Gasteiger partial charge in [-0.2, -0.15) is 0 Å². The maximum absolute atomic E-state index is 13.8. The van der Waals surface area contributed by atoms with Crippen LogP contribution in [0.3, 0.4) is 0 Å². The predicted octanol–water partition coefficient (Wildman–Crippen LogP) is 2.14. The first-order valence-electron chi connectivity index (χ1n) is 8.69. The Morgan fingerprint density at radius 3 is 2.79 bits per heavy atom. The van der Waals surface area contributed by atoms with E-state index >= 15 is 0 Å². The van der Waals surface area contributed by atoms with Crippen molar-refractivity contribution in [1.29, 1.82) is 0 Å². The van der Waals surface area contributed by atoms with Crippen LogP contribution in [-0.2, 0) is 9.53 Å². The summed E-state index contributed by atoms with van der Waals surface area (Å²) in [6, 6.07) is 4.38. The first kappa shape index (κ1) is 17.2. The van der Waals surface area contributed by atoms with Gasteiger partial charge in [-0.15, -0.1) is 0 Å². The summed E-state index contributed by atoms with van der Waals surface area (Å²) in [4.78, 5) is 14.4. The molecule has 1 aromatic rings. The van der Waals surface area contributed by atoms with E-state index in [0.29, 0.717) is 19.4 Å². The van der Waals surface area contributed by atoms with Crippen LogP contribution in [0.15, 0.2) is 18.2 Å². The summed E-state index contributed by atoms with van der Waals surface area (Å²) in [6.07, 6.45) is 2.38. The normalized spacial score (nSPS) is 23.3. The van der Waals surface area contributed by atoms with Crippen LogP contribution in [0.2, 0.25) is 0 Å². The Bertz CT molecular complexity index is 582. The smallest absolute Gasteiger partial charge is 0.249 e. The van der Waals surface area contributed by atoms with Gasteiger partial charge < -0.3 is 20.1 Å². The monoisotopic (exact) mass is 336 g/mol. The average Bonchev–Trinajstić information content (AvgIpc) is 3.10. The van der Waals surface area contributed by atoms with E-state index in [1.54, 1.807) is 6.07 Å². The van der Waals surface area contributed by atoms with Crippen LogP contribution in [0.25, 0.3) is 0 Å². The molecule has 132 valence electrons. The van der Waals surface area contributed by atoms with Crippen LogP contribution < -0.4 is 10.2 Å². The van der Waals surface area contributed by atoms with Gasteiger partial charge >= 0.3 is 0 Å². The highest BCUT2D eigenvalue weighted by Gasteiger charge is 2.27. The molecule has 2 fully saturated rings. The minimum absolute atomic E-state index is 0.135. The van der Waals surface area contributed by atoms with Crippen LogP contribution in [-0.4, -0.2) is 42.9 Å². The van der Waals surface area contributed by atoms with Gasteiger partial charge in [0.15, 0.2) is 0 Å². The van der Waals surface area contributed by atoms with E-state index in [-0.39, 0.29) is 23.9 Å². The zero-order chi connectivity index (χ0) is 17.1. The maximum atomic E-state index is 13.8. The van der Waals surface area contributed by atoms with Crippen molar-refractivity contribution < 1.29 is 19.0 Å². The molecule has 2 aliphatic rings. The van der Waals surface area contributed by atoms with Crippen molar-refractivity contribution in [2.45, 2.75) is 50.9 Å². The third kappa shape index (κ3) is 3.87. The largest absolute Gasteiger partial charge is 0.393 e. The predicted molar refractivity (Wildman–Crippen MR) is 89.4 cm³/mol. The van der Waals surface area contributed by atoms with E-state index in [4.69, 9.17) is 4.74 Å². The van der Waals surface area contributed by atoms with E-state index in [1.807, 2.05) is 6.92 Å². The van der Waals surface area contributed by atoms with Crippen molar-refractivity contribution in [2.24, 2.45) is 0 Å². The number of carbonyl (C=O) groups is 1. The molecule has 5 nitrogen and oxygen atoms in total. The molecule has 0 aromatic heterocycles. The lowest BCUT2D eigenvalue weighted by Gasteiger charge is -2.34. The number of anilines is 1. The fourth-order valence-electron chi connectivity index (χ4n) is 3.44. The van der Waals surface area contributed by atoms with E-state index in [0.717, 1.165) is 37.2 Å². The summed E-state index contributed by atoms with van der Waals surface area (Å²) < 4.78 is 19.2. The van der Waals surface area contributed by atoms with Crippen molar-refractivity contribution in [2.75, 3.05) is 24.6 Å². The zero-order valence-electron chi connectivity index (χ0n) is 14.0. The summed E-state index contributed by atoms with van der Waals surface area (Å²) in [5.41, 5.74) is 1.68. The fraction of sp³-hybridized carbons (Fsp3) is 0.611. The second kappa shape index (κ2) is 7.49. The number of nitrogens with one attached hydrogen (secondary N) is 1. The molecule has 24 heavy (non-hydrogen) atoms. The van der Waals surface area contributed by atoms with Crippen LogP contribution >= 0.6 is 0 Å². The number of piperidine rings is 1. The van der Waals surface area contributed by atoms with Crippen molar-refractivity contribution >= 4 is 11.6 Å². The second-order valence-electron chi connectivity index (χ2n) is 6.65. The molecule has 1 aromatic carbocycles. The number of benzene rings is 1. The molecule has 2 heterocycles. The molecule has 0 spiro atoms. The van der Waals surface area contributed by atoms with Gasteiger partial charge in [0.2, 0.25) is 5.91 Å². The Labute approximate surface area is 141 Å². The molecule has 3 rings (SSSR count). The van der Waals surface area contributed by atoms with Crippen LogP contribution in [0.4, 0.5) is 10.1 Å². The van der Waals surface area contributed by atoms with E-state index < -0.39 is 6.10 Å². The molecular formula is C18H25FN2O3. The highest BCUT2D eigenvalue weighted by atomic mass is 19.1. The number of carbonyl (C=O) groups excluding carboxylic acids is 1. The molecule has 2 unspecified atom stereocenters. The number of halogens is 1. The number of aliphatic hydroxyl groups excluding tert-OH is 1. The summed E-state index contributed by atoms with van der Waals surface area (Å²) in [6.45, 7) is 3.94. The Balaban J connectivity index is 1.75. The first-order valence-corrected chi connectivity index (χ1v) is 8.69. The Kier molecular flexibility index (Phi) is 5.36. The minimum Gasteiger partial charge on any atom is -0.393 e. The van der Waals surface area contributed by atoms with Crippen molar-refractivity contribution in [3.8, 4) is 0 Å². The lowest BCUT2D eigenvalue weighted by Crippen LogP contribution is -2.39. The van der Waals surface area contributed by atoms with Crippen molar-refractivity contribution in [3.63, 3.8) is 0 Å². The van der Waals surface area contributed by atoms with E-state index in [1.165, 1.54) is 12.1 Å². The third-order valence-electron chi connectivity index (χ3n) is 4.84. The van der Waals surface area contributed by atoms with Crippen LogP contribution in [0, 0.1) is 5.82 Å². The quantitative estimate of drug-likeness (QED) is 0.884. The highest BCUT2D eigenvalue weighted by molar-refractivity contribution is 5.81. The number of hydrogen-bond donors (Lipinski definition) is 2. The van der Waals surface area contributed by atoms with E-state index in [9.17, 15) is 14.3 Å². The van der Waals surface area contributed by atoms with Gasteiger partial charge in [-0.3, -0.25) is 4.79 Å². The number of hydrogen-bond acceptors (Lipinski definition) is 4. The van der Waals surface area contributed by atoms with Crippen LogP contribution in [0.1, 0.15) is 44.2 Å². The lowest BCUT2D eigenvalue weighted by atomic mass is 10.0. The molecule has 1 amide bonds. The number of ether oxygens (including phenoxy) is 1. The van der Waals surface area contributed by atoms with Crippen molar-refractivity contribution in [3.05, 3.63) is 29.6 Å². The SMILES string of the molecule is CC(NC(=O)C1CCCO1)c1cc(F)ccc1N1CCC(O)CC1.